The molecule has 0 aromatic rings. The standard InChI is InChI=1S/C45H57O16P/c1-22(2)34(49)31(19-46)43(37(52)25(7)8,38(53)26(9)10)59-62(58,60-44(39(54)27(11)12,40(55)28(13)14)32(20-47)35(50)23(3)4)61-45(41(56)29(15)16,42(57)30(17)18)33(21-48)36(51)24(5)6/h31-33,46-48H,1,3,5,7,9,11,13,15,17,19-21H2,2,4,6,8,10,12,14,16,18H3. The van der Waals surface area contributed by atoms with Crippen LogP contribution in [0.3, 0.4) is 0 Å². The van der Waals surface area contributed by atoms with E-state index in [0.29, 0.717) is 0 Å². The van der Waals surface area contributed by atoms with Crippen LogP contribution in [0.15, 0.2) is 109 Å². The summed E-state index contributed by atoms with van der Waals surface area (Å²) in [6.07, 6.45) is 0. The molecule has 17 heteroatoms. The van der Waals surface area contributed by atoms with E-state index >= 15 is 4.57 Å². The number of carbonyl (C=O) groups excluding carboxylic acids is 9. The van der Waals surface area contributed by atoms with Crippen LogP contribution in [-0.4, -0.2) is 104 Å². The highest BCUT2D eigenvalue weighted by atomic mass is 31.2. The molecule has 0 aliphatic heterocycles. The quantitative estimate of drug-likeness (QED) is 0.0510. The van der Waals surface area contributed by atoms with E-state index in [1.54, 1.807) is 0 Å². The third kappa shape index (κ3) is 10.8. The van der Waals surface area contributed by atoms with Crippen molar-refractivity contribution in [2.75, 3.05) is 19.8 Å². The first kappa shape index (κ1) is 56.7. The summed E-state index contributed by atoms with van der Waals surface area (Å²) in [7, 11) is -7.01. The normalized spacial score (nSPS) is 14.1. The molecule has 0 aromatic carbocycles. The van der Waals surface area contributed by atoms with Crippen molar-refractivity contribution in [2.24, 2.45) is 17.8 Å². The molecule has 0 aliphatic carbocycles. The highest BCUT2D eigenvalue weighted by molar-refractivity contribution is 7.49. The number of aliphatic hydroxyl groups excluding tert-OH is 3. The van der Waals surface area contributed by atoms with E-state index in [0.717, 1.165) is 62.3 Å². The van der Waals surface area contributed by atoms with Crippen LogP contribution >= 0.6 is 7.82 Å². The molecular weight excluding hydrogens is 827 g/mol. The van der Waals surface area contributed by atoms with E-state index in [1.165, 1.54) is 0 Å². The first-order chi connectivity index (χ1) is 28.2. The molecule has 0 bridgehead atoms. The van der Waals surface area contributed by atoms with Gasteiger partial charge in [0.05, 0.1) is 37.6 Å². The molecule has 3 unspecified atom stereocenters. The molecule has 0 saturated carbocycles. The third-order valence-electron chi connectivity index (χ3n) is 9.35. The third-order valence-corrected chi connectivity index (χ3v) is 10.9. The maximum atomic E-state index is 16.5. The van der Waals surface area contributed by atoms with Gasteiger partial charge in [0.25, 0.3) is 0 Å². The van der Waals surface area contributed by atoms with Crippen molar-refractivity contribution in [1.29, 1.82) is 0 Å². The molecule has 0 fully saturated rings. The van der Waals surface area contributed by atoms with Gasteiger partial charge in [-0.2, -0.15) is 0 Å². The largest absolute Gasteiger partial charge is 0.479 e. The van der Waals surface area contributed by atoms with Gasteiger partial charge in [-0.3, -0.25) is 56.7 Å². The van der Waals surface area contributed by atoms with Crippen molar-refractivity contribution in [2.45, 2.75) is 79.1 Å². The van der Waals surface area contributed by atoms with Crippen molar-refractivity contribution in [3.05, 3.63) is 109 Å². The maximum absolute atomic E-state index is 16.5. The van der Waals surface area contributed by atoms with Gasteiger partial charge in [0, 0.05) is 0 Å². The summed E-state index contributed by atoms with van der Waals surface area (Å²) >= 11 is 0. The second-order valence-electron chi connectivity index (χ2n) is 15.2. The van der Waals surface area contributed by atoms with Gasteiger partial charge in [0.1, 0.15) is 0 Å². The van der Waals surface area contributed by atoms with Gasteiger partial charge in [0.2, 0.25) is 16.8 Å². The van der Waals surface area contributed by atoms with Crippen LogP contribution in [0.25, 0.3) is 0 Å². The Labute approximate surface area is 361 Å². The van der Waals surface area contributed by atoms with Crippen molar-refractivity contribution in [1.82, 2.24) is 0 Å². The number of allylic oxidation sites excluding steroid dienone is 3. The van der Waals surface area contributed by atoms with Gasteiger partial charge < -0.3 is 15.3 Å². The Morgan fingerprint density at radius 3 is 0.613 bits per heavy atom. The molecule has 16 nitrogen and oxygen atoms in total. The first-order valence-electron chi connectivity index (χ1n) is 18.5. The van der Waals surface area contributed by atoms with Crippen molar-refractivity contribution < 1.29 is 76.6 Å². The number of Topliss-reactive ketones (excluding diaryl/α,β-unsaturated/α-hetero) is 9. The summed E-state index contributed by atoms with van der Waals surface area (Å²) in [6.45, 7) is 35.9. The minimum absolute atomic E-state index is 0.467. The number of rotatable bonds is 30. The fraction of sp³-hybridized carbons (Fsp3) is 0.400. The molecule has 0 radical (unpaired) electrons. The summed E-state index contributed by atoms with van der Waals surface area (Å²) in [5, 5.41) is 32.6. The molecule has 0 saturated heterocycles. The second kappa shape index (κ2) is 21.7. The number of phosphoric acid groups is 1. The lowest BCUT2D eigenvalue weighted by Crippen LogP contribution is -2.63. The van der Waals surface area contributed by atoms with E-state index in [2.05, 4.69) is 59.2 Å². The second-order valence-corrected chi connectivity index (χ2v) is 16.7. The topological polar surface area (TPSA) is 259 Å². The predicted molar refractivity (Wildman–Crippen MR) is 229 cm³/mol. The average Bonchev–Trinajstić information content (AvgIpc) is 3.17. The van der Waals surface area contributed by atoms with Crippen LogP contribution < -0.4 is 0 Å². The highest BCUT2D eigenvalue weighted by Gasteiger charge is 2.69. The summed E-state index contributed by atoms with van der Waals surface area (Å²) in [6, 6.07) is 0. The van der Waals surface area contributed by atoms with Gasteiger partial charge >= 0.3 is 7.82 Å². The van der Waals surface area contributed by atoms with Crippen LogP contribution in [0.5, 0.6) is 0 Å². The highest BCUT2D eigenvalue weighted by Crippen LogP contribution is 2.63. The van der Waals surface area contributed by atoms with E-state index in [4.69, 9.17) is 13.6 Å². The van der Waals surface area contributed by atoms with Crippen molar-refractivity contribution >= 4 is 59.9 Å². The van der Waals surface area contributed by atoms with Crippen LogP contribution in [-0.2, 0) is 61.3 Å². The minimum Gasteiger partial charge on any atom is -0.395 e. The van der Waals surface area contributed by atoms with Gasteiger partial charge in [-0.1, -0.05) is 59.2 Å². The summed E-state index contributed by atoms with van der Waals surface area (Å²) < 4.78 is 34.2. The van der Waals surface area contributed by atoms with Gasteiger partial charge in [-0.05, 0) is 112 Å². The lowest BCUT2D eigenvalue weighted by atomic mass is 9.73. The van der Waals surface area contributed by atoms with E-state index in [1.807, 2.05) is 0 Å². The summed E-state index contributed by atoms with van der Waals surface area (Å²) in [5.41, 5.74) is -16.9. The van der Waals surface area contributed by atoms with Crippen LogP contribution in [0, 0.1) is 17.8 Å². The van der Waals surface area contributed by atoms with Gasteiger partial charge in [-0.25, -0.2) is 4.57 Å². The number of ketones is 9. The maximum Gasteiger partial charge on any atom is 0.479 e. The van der Waals surface area contributed by atoms with Crippen LogP contribution in [0.4, 0.5) is 0 Å². The monoisotopic (exact) mass is 884 g/mol. The van der Waals surface area contributed by atoms with E-state index < -0.39 is 164 Å². The summed E-state index contributed by atoms with van der Waals surface area (Å²) in [5.74, 6) is -21.8. The zero-order chi connectivity index (χ0) is 49.4. The Morgan fingerprint density at radius 1 is 0.371 bits per heavy atom. The average molecular weight is 885 g/mol. The molecular formula is C45H57O16P. The Morgan fingerprint density at radius 2 is 0.516 bits per heavy atom. The first-order valence-corrected chi connectivity index (χ1v) is 20.0. The number of phosphoric ester groups is 1. The molecule has 3 atom stereocenters. The SMILES string of the molecule is C=C(C)C(=O)C(CO)C(OP(=O)(OC(C(=O)C(=C)C)(C(=O)C(=C)C)C(CO)C(=O)C(=C)C)OC(C(=O)C(=C)C)(C(=O)C(=C)C)C(CO)C(=O)C(=C)C)(C(=O)C(=C)C)C(=O)C(=C)C. The van der Waals surface area contributed by atoms with Crippen molar-refractivity contribution in [3.63, 3.8) is 0 Å². The molecule has 0 aliphatic rings. The minimum atomic E-state index is -7.01. The smallest absolute Gasteiger partial charge is 0.395 e. The molecule has 0 rings (SSSR count). The number of carbonyl (C=O) groups is 9. The molecule has 0 aromatic heterocycles. The molecule has 0 heterocycles. The fourth-order valence-electron chi connectivity index (χ4n) is 6.27. The van der Waals surface area contributed by atoms with Crippen LogP contribution in [0.1, 0.15) is 62.3 Å². The molecule has 62 heavy (non-hydrogen) atoms. The lowest BCUT2D eigenvalue weighted by molar-refractivity contribution is -0.172. The van der Waals surface area contributed by atoms with E-state index in [9.17, 15) is 58.5 Å². The zero-order valence-corrected chi connectivity index (χ0v) is 37.7. The van der Waals surface area contributed by atoms with E-state index in [-0.39, 0.29) is 0 Å². The number of aliphatic hydroxyl groups is 3. The Hall–Kier alpha value is -5.32. The number of hydrogen-bond acceptors (Lipinski definition) is 16. The molecule has 0 spiro atoms. The Balaban J connectivity index is 10.4. The predicted octanol–water partition coefficient (Wildman–Crippen LogP) is 4.49. The van der Waals surface area contributed by atoms with Gasteiger partial charge in [0.15, 0.2) is 52.0 Å². The van der Waals surface area contributed by atoms with Crippen molar-refractivity contribution in [3.8, 4) is 0 Å². The molecule has 338 valence electrons. The Kier molecular flexibility index (Phi) is 19.8. The molecule has 0 amide bonds. The van der Waals surface area contributed by atoms with Crippen LogP contribution in [0.2, 0.25) is 0 Å². The van der Waals surface area contributed by atoms with Gasteiger partial charge in [-0.15, -0.1) is 0 Å². The summed E-state index contributed by atoms with van der Waals surface area (Å²) in [4.78, 5) is 130. The Bertz CT molecular complexity index is 1840. The number of hydrogen-bond donors (Lipinski definition) is 3. The zero-order valence-electron chi connectivity index (χ0n) is 36.8. The fourth-order valence-corrected chi connectivity index (χ4v) is 8.32. The lowest BCUT2D eigenvalue weighted by Gasteiger charge is -2.45. The molecule has 3 N–H and O–H groups in total.